The highest BCUT2D eigenvalue weighted by atomic mass is 16.4. The lowest BCUT2D eigenvalue weighted by molar-refractivity contribution is -0.115. The minimum atomic E-state index is 0.537. The highest BCUT2D eigenvalue weighted by Crippen LogP contribution is 2.61. The van der Waals surface area contributed by atoms with Crippen LogP contribution in [-0.4, -0.2) is 16.0 Å². The van der Waals surface area contributed by atoms with Crippen molar-refractivity contribution in [3.8, 4) is 11.5 Å². The van der Waals surface area contributed by atoms with Gasteiger partial charge in [-0.3, -0.25) is 4.98 Å². The molecule has 128 valence electrons. The van der Waals surface area contributed by atoms with Gasteiger partial charge in [-0.05, 0) is 55.1 Å². The SMILES string of the molecule is Cc1oc(-c2cccnc2)nc1CNC1C[C@@H]2C[C@H]([C@H]1C)C2(C)C. The van der Waals surface area contributed by atoms with Crippen LogP contribution in [0.2, 0.25) is 0 Å². The van der Waals surface area contributed by atoms with Crippen molar-refractivity contribution in [2.75, 3.05) is 0 Å². The lowest BCUT2D eigenvalue weighted by Crippen LogP contribution is -2.59. The number of aryl methyl sites for hydroxylation is 1. The maximum Gasteiger partial charge on any atom is 0.228 e. The van der Waals surface area contributed by atoms with Gasteiger partial charge in [0.2, 0.25) is 5.89 Å². The second kappa shape index (κ2) is 5.69. The van der Waals surface area contributed by atoms with Gasteiger partial charge in [0, 0.05) is 25.0 Å². The van der Waals surface area contributed by atoms with E-state index < -0.39 is 0 Å². The van der Waals surface area contributed by atoms with Gasteiger partial charge in [0.1, 0.15) is 5.76 Å². The van der Waals surface area contributed by atoms with Crippen LogP contribution in [0.3, 0.4) is 0 Å². The molecule has 3 aliphatic carbocycles. The number of oxazole rings is 1. The molecule has 3 aliphatic rings. The normalized spacial score (nSPS) is 30.8. The van der Waals surface area contributed by atoms with Crippen molar-refractivity contribution in [3.63, 3.8) is 0 Å². The minimum absolute atomic E-state index is 0.537. The standard InChI is InChI=1S/C20H27N3O/c1-12-16-8-15(20(16,3)4)9-17(12)22-11-18-13(2)24-19(23-18)14-6-5-7-21-10-14/h5-7,10,12,15-17,22H,8-9,11H2,1-4H3/t12-,15+,16-,17?/m1/s1. The van der Waals surface area contributed by atoms with Crippen LogP contribution >= 0.6 is 0 Å². The number of aromatic nitrogens is 2. The maximum absolute atomic E-state index is 5.84. The molecule has 2 aromatic heterocycles. The van der Waals surface area contributed by atoms with E-state index in [1.165, 1.54) is 12.8 Å². The third-order valence-corrected chi connectivity index (χ3v) is 6.69. The van der Waals surface area contributed by atoms with Crippen LogP contribution in [0.1, 0.15) is 45.1 Å². The summed E-state index contributed by atoms with van der Waals surface area (Å²) in [5, 5.41) is 3.75. The van der Waals surface area contributed by atoms with E-state index in [0.717, 1.165) is 41.3 Å². The first-order valence-electron chi connectivity index (χ1n) is 9.07. The van der Waals surface area contributed by atoms with E-state index in [0.29, 0.717) is 17.3 Å². The van der Waals surface area contributed by atoms with E-state index in [2.05, 4.69) is 36.1 Å². The second-order valence-corrected chi connectivity index (χ2v) is 8.21. The highest BCUT2D eigenvalue weighted by molar-refractivity contribution is 5.51. The summed E-state index contributed by atoms with van der Waals surface area (Å²) in [5.74, 6) is 4.03. The van der Waals surface area contributed by atoms with E-state index in [9.17, 15) is 0 Å². The van der Waals surface area contributed by atoms with E-state index in [-0.39, 0.29) is 0 Å². The molecule has 0 aromatic carbocycles. The third-order valence-electron chi connectivity index (χ3n) is 6.69. The summed E-state index contributed by atoms with van der Waals surface area (Å²) in [5.41, 5.74) is 2.48. The summed E-state index contributed by atoms with van der Waals surface area (Å²) in [4.78, 5) is 8.82. The van der Waals surface area contributed by atoms with Crippen molar-refractivity contribution < 1.29 is 4.42 Å². The Hall–Kier alpha value is -1.68. The molecule has 0 spiro atoms. The van der Waals surface area contributed by atoms with Gasteiger partial charge in [0.15, 0.2) is 0 Å². The van der Waals surface area contributed by atoms with Crippen LogP contribution in [0.5, 0.6) is 0 Å². The Kier molecular flexibility index (Phi) is 3.75. The van der Waals surface area contributed by atoms with Crippen molar-refractivity contribution in [3.05, 3.63) is 36.0 Å². The molecule has 4 atom stereocenters. The number of fused-ring (bicyclic) bond motifs is 2. The fourth-order valence-corrected chi connectivity index (χ4v) is 4.85. The zero-order valence-electron chi connectivity index (χ0n) is 15.0. The number of rotatable bonds is 4. The predicted octanol–water partition coefficient (Wildman–Crippen LogP) is 4.21. The molecule has 0 aliphatic heterocycles. The quantitative estimate of drug-likeness (QED) is 0.915. The Labute approximate surface area is 144 Å². The molecule has 3 saturated carbocycles. The fourth-order valence-electron chi connectivity index (χ4n) is 4.85. The lowest BCUT2D eigenvalue weighted by Gasteiger charge is -2.62. The molecular formula is C20H27N3O. The van der Waals surface area contributed by atoms with Gasteiger partial charge in [-0.1, -0.05) is 20.8 Å². The molecule has 3 fully saturated rings. The number of pyridine rings is 1. The van der Waals surface area contributed by atoms with Crippen molar-refractivity contribution in [2.24, 2.45) is 23.2 Å². The Balaban J connectivity index is 1.43. The maximum atomic E-state index is 5.84. The summed E-state index contributed by atoms with van der Waals surface area (Å²) >= 11 is 0. The molecule has 2 heterocycles. The minimum Gasteiger partial charge on any atom is -0.441 e. The Morgan fingerprint density at radius 1 is 1.33 bits per heavy atom. The van der Waals surface area contributed by atoms with Crippen LogP contribution in [0.15, 0.2) is 28.9 Å². The average Bonchev–Trinajstić information content (AvgIpc) is 2.95. The molecular weight excluding hydrogens is 298 g/mol. The Morgan fingerprint density at radius 2 is 2.17 bits per heavy atom. The van der Waals surface area contributed by atoms with E-state index in [1.807, 2.05) is 19.1 Å². The van der Waals surface area contributed by atoms with Gasteiger partial charge in [0.05, 0.1) is 11.3 Å². The molecule has 0 amide bonds. The van der Waals surface area contributed by atoms with E-state index in [1.54, 1.807) is 12.4 Å². The van der Waals surface area contributed by atoms with Gasteiger partial charge in [-0.2, -0.15) is 0 Å². The number of nitrogens with zero attached hydrogens (tertiary/aromatic N) is 2. The molecule has 5 rings (SSSR count). The van der Waals surface area contributed by atoms with Crippen molar-refractivity contribution in [1.82, 2.24) is 15.3 Å². The smallest absolute Gasteiger partial charge is 0.228 e. The van der Waals surface area contributed by atoms with Crippen LogP contribution in [-0.2, 0) is 6.54 Å². The first-order chi connectivity index (χ1) is 11.5. The summed E-state index contributed by atoms with van der Waals surface area (Å²) in [6.45, 7) is 10.1. The van der Waals surface area contributed by atoms with Crippen LogP contribution < -0.4 is 5.32 Å². The van der Waals surface area contributed by atoms with E-state index in [4.69, 9.17) is 4.42 Å². The van der Waals surface area contributed by atoms with Gasteiger partial charge in [-0.25, -0.2) is 4.98 Å². The number of nitrogens with one attached hydrogen (secondary N) is 1. The summed E-state index contributed by atoms with van der Waals surface area (Å²) in [7, 11) is 0. The molecule has 24 heavy (non-hydrogen) atoms. The van der Waals surface area contributed by atoms with Gasteiger partial charge in [0.25, 0.3) is 0 Å². The van der Waals surface area contributed by atoms with E-state index >= 15 is 0 Å². The first-order valence-corrected chi connectivity index (χ1v) is 9.07. The number of hydrogen-bond acceptors (Lipinski definition) is 4. The molecule has 1 unspecified atom stereocenters. The largest absolute Gasteiger partial charge is 0.441 e. The highest BCUT2D eigenvalue weighted by Gasteiger charge is 2.55. The predicted molar refractivity (Wildman–Crippen MR) is 94.3 cm³/mol. The second-order valence-electron chi connectivity index (χ2n) is 8.21. The van der Waals surface area contributed by atoms with Crippen LogP contribution in [0, 0.1) is 30.1 Å². The first kappa shape index (κ1) is 15.8. The molecule has 4 heteroatoms. The monoisotopic (exact) mass is 325 g/mol. The molecule has 4 nitrogen and oxygen atoms in total. The van der Waals surface area contributed by atoms with Gasteiger partial charge >= 0.3 is 0 Å². The molecule has 2 bridgehead atoms. The summed E-state index contributed by atoms with van der Waals surface area (Å²) in [6.07, 6.45) is 6.26. The Morgan fingerprint density at radius 3 is 2.83 bits per heavy atom. The topological polar surface area (TPSA) is 51.0 Å². The molecule has 0 radical (unpaired) electrons. The van der Waals surface area contributed by atoms with Crippen molar-refractivity contribution >= 4 is 0 Å². The lowest BCUT2D eigenvalue weighted by atomic mass is 9.45. The molecule has 2 aromatic rings. The van der Waals surface area contributed by atoms with Crippen LogP contribution in [0.25, 0.3) is 11.5 Å². The zero-order valence-corrected chi connectivity index (χ0v) is 15.0. The van der Waals surface area contributed by atoms with Gasteiger partial charge < -0.3 is 9.73 Å². The third kappa shape index (κ3) is 2.48. The van der Waals surface area contributed by atoms with Crippen LogP contribution in [0.4, 0.5) is 0 Å². The summed E-state index contributed by atoms with van der Waals surface area (Å²) in [6, 6.07) is 4.48. The molecule has 1 N–H and O–H groups in total. The van der Waals surface area contributed by atoms with Crippen molar-refractivity contribution in [1.29, 1.82) is 0 Å². The zero-order chi connectivity index (χ0) is 16.9. The number of hydrogen-bond donors (Lipinski definition) is 1. The summed E-state index contributed by atoms with van der Waals surface area (Å²) < 4.78 is 5.84. The average molecular weight is 325 g/mol. The van der Waals surface area contributed by atoms with Crippen molar-refractivity contribution in [2.45, 2.75) is 53.1 Å². The Bertz CT molecular complexity index is 722. The van der Waals surface area contributed by atoms with Gasteiger partial charge in [-0.15, -0.1) is 0 Å². The fraction of sp³-hybridized carbons (Fsp3) is 0.600. The molecule has 0 saturated heterocycles.